The molecule has 0 radical (unpaired) electrons. The first-order valence-electron chi connectivity index (χ1n) is 5.84. The van der Waals surface area contributed by atoms with Gasteiger partial charge in [-0.1, -0.05) is 41.4 Å². The summed E-state index contributed by atoms with van der Waals surface area (Å²) in [6.45, 7) is 2.39. The zero-order chi connectivity index (χ0) is 13.8. The van der Waals surface area contributed by atoms with Crippen LogP contribution >= 0.6 is 11.6 Å². The maximum atomic E-state index is 11.3. The fourth-order valence-electron chi connectivity index (χ4n) is 1.78. The first-order chi connectivity index (χ1) is 9.06. The summed E-state index contributed by atoms with van der Waals surface area (Å²) in [4.78, 5) is 11.3. The minimum absolute atomic E-state index is 0.292. The zero-order valence-corrected chi connectivity index (χ0v) is 11.3. The molecule has 0 heterocycles. The smallest absolute Gasteiger partial charge is 0.252 e. The number of halogens is 1. The lowest BCUT2D eigenvalue weighted by Crippen LogP contribution is -2.13. The normalized spacial score (nSPS) is 10.2. The third-order valence-corrected chi connectivity index (χ3v) is 2.92. The number of hydrogen-bond donors (Lipinski definition) is 1. The van der Waals surface area contributed by atoms with E-state index in [4.69, 9.17) is 22.1 Å². The van der Waals surface area contributed by atoms with E-state index in [0.717, 1.165) is 11.1 Å². The van der Waals surface area contributed by atoms with Crippen molar-refractivity contribution in [1.82, 2.24) is 0 Å². The lowest BCUT2D eigenvalue weighted by atomic mass is 10.1. The van der Waals surface area contributed by atoms with Crippen molar-refractivity contribution in [2.24, 2.45) is 5.73 Å². The van der Waals surface area contributed by atoms with Gasteiger partial charge in [0.2, 0.25) is 0 Å². The van der Waals surface area contributed by atoms with E-state index < -0.39 is 5.91 Å². The molecule has 4 heteroatoms. The van der Waals surface area contributed by atoms with Gasteiger partial charge in [-0.25, -0.2) is 0 Å². The summed E-state index contributed by atoms with van der Waals surface area (Å²) < 4.78 is 5.64. The Morgan fingerprint density at radius 3 is 2.74 bits per heavy atom. The van der Waals surface area contributed by atoms with Crippen LogP contribution in [0.1, 0.15) is 21.5 Å². The van der Waals surface area contributed by atoms with Gasteiger partial charge < -0.3 is 10.5 Å². The van der Waals surface area contributed by atoms with Gasteiger partial charge in [-0.2, -0.15) is 0 Å². The fraction of sp³-hybridized carbons (Fsp3) is 0.133. The van der Waals surface area contributed by atoms with Crippen LogP contribution in [-0.2, 0) is 6.61 Å². The van der Waals surface area contributed by atoms with Gasteiger partial charge in [-0.05, 0) is 30.7 Å². The number of rotatable bonds is 4. The highest BCUT2D eigenvalue weighted by atomic mass is 35.5. The summed E-state index contributed by atoms with van der Waals surface area (Å²) in [5, 5.41) is 0.455. The maximum absolute atomic E-state index is 11.3. The number of hydrogen-bond acceptors (Lipinski definition) is 2. The summed E-state index contributed by atoms with van der Waals surface area (Å²) in [5.41, 5.74) is 7.78. The van der Waals surface area contributed by atoms with Gasteiger partial charge in [0.1, 0.15) is 12.4 Å². The molecule has 19 heavy (non-hydrogen) atoms. The topological polar surface area (TPSA) is 52.3 Å². The molecule has 2 rings (SSSR count). The zero-order valence-electron chi connectivity index (χ0n) is 10.5. The van der Waals surface area contributed by atoms with Crippen molar-refractivity contribution in [2.45, 2.75) is 13.5 Å². The van der Waals surface area contributed by atoms with Crippen LogP contribution in [0.2, 0.25) is 5.02 Å². The molecule has 0 unspecified atom stereocenters. The van der Waals surface area contributed by atoms with Crippen LogP contribution in [0.5, 0.6) is 5.75 Å². The number of carbonyl (C=O) groups excluding carboxylic acids is 1. The van der Waals surface area contributed by atoms with Gasteiger partial charge in [-0.15, -0.1) is 0 Å². The molecule has 0 saturated heterocycles. The van der Waals surface area contributed by atoms with Crippen LogP contribution in [0.25, 0.3) is 0 Å². The highest BCUT2D eigenvalue weighted by molar-refractivity contribution is 6.31. The van der Waals surface area contributed by atoms with E-state index in [1.807, 2.05) is 31.2 Å². The van der Waals surface area contributed by atoms with Crippen LogP contribution in [-0.4, -0.2) is 5.91 Å². The van der Waals surface area contributed by atoms with Crippen LogP contribution in [0.3, 0.4) is 0 Å². The Hall–Kier alpha value is -2.00. The Kier molecular flexibility index (Phi) is 4.07. The number of nitrogens with two attached hydrogens (primary N) is 1. The molecule has 0 atom stereocenters. The van der Waals surface area contributed by atoms with Crippen molar-refractivity contribution in [1.29, 1.82) is 0 Å². The molecular weight excluding hydrogens is 262 g/mol. The molecule has 0 bridgehead atoms. The van der Waals surface area contributed by atoms with Crippen LogP contribution < -0.4 is 10.5 Å². The lowest BCUT2D eigenvalue weighted by molar-refractivity contribution is 0.0996. The van der Waals surface area contributed by atoms with Crippen molar-refractivity contribution in [2.75, 3.05) is 0 Å². The Morgan fingerprint density at radius 1 is 1.26 bits per heavy atom. The van der Waals surface area contributed by atoms with Crippen LogP contribution in [0.4, 0.5) is 0 Å². The molecule has 0 aliphatic rings. The number of benzene rings is 2. The van der Waals surface area contributed by atoms with Gasteiger partial charge >= 0.3 is 0 Å². The Bertz CT molecular complexity index is 611. The van der Waals surface area contributed by atoms with E-state index in [-0.39, 0.29) is 0 Å². The molecule has 0 fully saturated rings. The van der Waals surface area contributed by atoms with Gasteiger partial charge in [-0.3, -0.25) is 4.79 Å². The van der Waals surface area contributed by atoms with E-state index in [1.54, 1.807) is 12.1 Å². The number of carbonyl (C=O) groups is 1. The van der Waals surface area contributed by atoms with E-state index in [9.17, 15) is 4.79 Å². The lowest BCUT2D eigenvalue weighted by Gasteiger charge is -2.10. The Balaban J connectivity index is 2.17. The third kappa shape index (κ3) is 3.48. The average Bonchev–Trinajstić information content (AvgIpc) is 2.37. The molecule has 2 aromatic carbocycles. The van der Waals surface area contributed by atoms with Crippen molar-refractivity contribution < 1.29 is 9.53 Å². The quantitative estimate of drug-likeness (QED) is 0.930. The summed E-state index contributed by atoms with van der Waals surface area (Å²) in [6, 6.07) is 12.8. The molecule has 2 aromatic rings. The SMILES string of the molecule is Cc1cccc(COc2ccc(Cl)cc2C(N)=O)c1. The van der Waals surface area contributed by atoms with Crippen molar-refractivity contribution in [3.63, 3.8) is 0 Å². The molecular formula is C15H14ClNO2. The Labute approximate surface area is 117 Å². The number of amides is 1. The summed E-state index contributed by atoms with van der Waals surface area (Å²) in [6.07, 6.45) is 0. The molecule has 0 spiro atoms. The highest BCUT2D eigenvalue weighted by Crippen LogP contribution is 2.23. The molecule has 2 N–H and O–H groups in total. The molecule has 0 aliphatic heterocycles. The highest BCUT2D eigenvalue weighted by Gasteiger charge is 2.10. The van der Waals surface area contributed by atoms with Crippen LogP contribution in [0, 0.1) is 6.92 Å². The summed E-state index contributed by atoms with van der Waals surface area (Å²) >= 11 is 5.84. The minimum Gasteiger partial charge on any atom is -0.488 e. The predicted molar refractivity (Wildman–Crippen MR) is 75.5 cm³/mol. The van der Waals surface area contributed by atoms with E-state index in [2.05, 4.69) is 0 Å². The van der Waals surface area contributed by atoms with Gasteiger partial charge in [0.15, 0.2) is 0 Å². The predicted octanol–water partition coefficient (Wildman–Crippen LogP) is 3.33. The van der Waals surface area contributed by atoms with Crippen LogP contribution in [0.15, 0.2) is 42.5 Å². The standard InChI is InChI=1S/C15H14ClNO2/c1-10-3-2-4-11(7-10)9-19-14-6-5-12(16)8-13(14)15(17)18/h2-8H,9H2,1H3,(H2,17,18). The second-order valence-corrected chi connectivity index (χ2v) is 4.72. The number of ether oxygens (including phenoxy) is 1. The van der Waals surface area contributed by atoms with E-state index in [0.29, 0.717) is 22.9 Å². The largest absolute Gasteiger partial charge is 0.488 e. The minimum atomic E-state index is -0.554. The molecule has 98 valence electrons. The van der Waals surface area contributed by atoms with Gasteiger partial charge in [0, 0.05) is 5.02 Å². The van der Waals surface area contributed by atoms with Gasteiger partial charge in [0.05, 0.1) is 5.56 Å². The average molecular weight is 276 g/mol. The first kappa shape index (κ1) is 13.4. The Morgan fingerprint density at radius 2 is 2.05 bits per heavy atom. The molecule has 0 aromatic heterocycles. The van der Waals surface area contributed by atoms with Crippen molar-refractivity contribution in [3.8, 4) is 5.75 Å². The van der Waals surface area contributed by atoms with Crippen molar-refractivity contribution in [3.05, 3.63) is 64.2 Å². The number of primary amides is 1. The third-order valence-electron chi connectivity index (χ3n) is 2.68. The van der Waals surface area contributed by atoms with Crippen molar-refractivity contribution >= 4 is 17.5 Å². The maximum Gasteiger partial charge on any atom is 0.252 e. The second kappa shape index (κ2) is 5.76. The van der Waals surface area contributed by atoms with E-state index >= 15 is 0 Å². The van der Waals surface area contributed by atoms with Gasteiger partial charge in [0.25, 0.3) is 5.91 Å². The summed E-state index contributed by atoms with van der Waals surface area (Å²) in [5.74, 6) is -0.111. The monoisotopic (exact) mass is 275 g/mol. The molecule has 0 aliphatic carbocycles. The molecule has 0 saturated carbocycles. The molecule has 1 amide bonds. The van der Waals surface area contributed by atoms with E-state index in [1.165, 1.54) is 6.07 Å². The first-order valence-corrected chi connectivity index (χ1v) is 6.22. The molecule has 3 nitrogen and oxygen atoms in total. The summed E-state index contributed by atoms with van der Waals surface area (Å²) in [7, 11) is 0. The second-order valence-electron chi connectivity index (χ2n) is 4.28. The number of aryl methyl sites for hydroxylation is 1. The fourth-order valence-corrected chi connectivity index (χ4v) is 1.96.